The van der Waals surface area contributed by atoms with E-state index in [1.165, 1.54) is 0 Å². The fourth-order valence-electron chi connectivity index (χ4n) is 1.46. The van der Waals surface area contributed by atoms with Gasteiger partial charge in [-0.05, 0) is 24.6 Å². The first-order valence-electron chi connectivity index (χ1n) is 4.54. The molecule has 0 atom stereocenters. The third-order valence-electron chi connectivity index (χ3n) is 2.15. The topological polar surface area (TPSA) is 38.9 Å². The van der Waals surface area contributed by atoms with Gasteiger partial charge in [-0.3, -0.25) is 4.98 Å². The van der Waals surface area contributed by atoms with Gasteiger partial charge in [0.2, 0.25) is 0 Å². The van der Waals surface area contributed by atoms with E-state index in [4.69, 9.17) is 5.73 Å². The van der Waals surface area contributed by atoms with Gasteiger partial charge in [-0.1, -0.05) is 18.2 Å². The summed E-state index contributed by atoms with van der Waals surface area (Å²) in [7, 11) is 0. The Morgan fingerprint density at radius 3 is 2.64 bits per heavy atom. The molecular formula is C12H12N2. The second-order valence-electron chi connectivity index (χ2n) is 3.34. The molecular weight excluding hydrogens is 172 g/mol. The normalized spacial score (nSPS) is 10.1. The van der Waals surface area contributed by atoms with Gasteiger partial charge in [0.05, 0.1) is 0 Å². The summed E-state index contributed by atoms with van der Waals surface area (Å²) >= 11 is 0. The summed E-state index contributed by atoms with van der Waals surface area (Å²) in [5.41, 5.74) is 9.93. The molecule has 0 unspecified atom stereocenters. The van der Waals surface area contributed by atoms with Crippen LogP contribution in [-0.2, 0) is 0 Å². The van der Waals surface area contributed by atoms with Crippen LogP contribution < -0.4 is 5.73 Å². The molecule has 1 heterocycles. The first-order chi connectivity index (χ1) is 6.77. The van der Waals surface area contributed by atoms with Crippen molar-refractivity contribution in [2.75, 3.05) is 5.73 Å². The van der Waals surface area contributed by atoms with Crippen LogP contribution in [0.2, 0.25) is 0 Å². The van der Waals surface area contributed by atoms with Crippen molar-refractivity contribution >= 4 is 5.69 Å². The fraction of sp³-hybridized carbons (Fsp3) is 0.0833. The van der Waals surface area contributed by atoms with Crippen molar-refractivity contribution in [1.29, 1.82) is 0 Å². The molecule has 0 spiro atoms. The Morgan fingerprint density at radius 1 is 1.14 bits per heavy atom. The van der Waals surface area contributed by atoms with E-state index < -0.39 is 0 Å². The first-order valence-corrected chi connectivity index (χ1v) is 4.54. The van der Waals surface area contributed by atoms with Gasteiger partial charge in [-0.15, -0.1) is 0 Å². The van der Waals surface area contributed by atoms with E-state index in [9.17, 15) is 0 Å². The molecule has 0 radical (unpaired) electrons. The predicted octanol–water partition coefficient (Wildman–Crippen LogP) is 2.64. The van der Waals surface area contributed by atoms with Gasteiger partial charge in [0.15, 0.2) is 0 Å². The maximum Gasteiger partial charge on any atom is 0.0394 e. The van der Waals surface area contributed by atoms with E-state index in [1.54, 1.807) is 0 Å². The molecule has 2 rings (SSSR count). The van der Waals surface area contributed by atoms with E-state index in [-0.39, 0.29) is 0 Å². The zero-order valence-electron chi connectivity index (χ0n) is 8.07. The second kappa shape index (κ2) is 3.50. The van der Waals surface area contributed by atoms with Crippen LogP contribution in [0.3, 0.4) is 0 Å². The molecule has 0 fully saturated rings. The van der Waals surface area contributed by atoms with Gasteiger partial charge in [0.1, 0.15) is 0 Å². The van der Waals surface area contributed by atoms with Gasteiger partial charge < -0.3 is 5.73 Å². The van der Waals surface area contributed by atoms with Gasteiger partial charge in [0.25, 0.3) is 0 Å². The fourth-order valence-corrected chi connectivity index (χ4v) is 1.46. The monoisotopic (exact) mass is 184 g/mol. The molecule has 0 amide bonds. The quantitative estimate of drug-likeness (QED) is 0.692. The maximum atomic E-state index is 5.87. The van der Waals surface area contributed by atoms with Crippen molar-refractivity contribution in [3.8, 4) is 11.1 Å². The van der Waals surface area contributed by atoms with Crippen molar-refractivity contribution < 1.29 is 0 Å². The molecule has 2 aromatic rings. The Balaban J connectivity index is 2.55. The summed E-state index contributed by atoms with van der Waals surface area (Å²) in [6.45, 7) is 2.02. The number of nitrogens with zero attached hydrogens (tertiary/aromatic N) is 1. The Hall–Kier alpha value is -1.83. The third-order valence-corrected chi connectivity index (χ3v) is 2.15. The molecule has 0 saturated heterocycles. The Labute approximate surface area is 83.4 Å². The van der Waals surface area contributed by atoms with E-state index in [2.05, 4.69) is 11.1 Å². The highest BCUT2D eigenvalue weighted by Crippen LogP contribution is 2.24. The van der Waals surface area contributed by atoms with Crippen molar-refractivity contribution in [2.45, 2.75) is 6.92 Å². The SMILES string of the molecule is Cc1cncc(-c2ccccc2N)c1. The average molecular weight is 184 g/mol. The smallest absolute Gasteiger partial charge is 0.0394 e. The van der Waals surface area contributed by atoms with Crippen LogP contribution in [0.15, 0.2) is 42.7 Å². The number of nitrogens with two attached hydrogens (primary N) is 1. The molecule has 0 saturated carbocycles. The van der Waals surface area contributed by atoms with E-state index in [0.29, 0.717) is 0 Å². The number of pyridine rings is 1. The molecule has 70 valence electrons. The minimum atomic E-state index is 0.792. The van der Waals surface area contributed by atoms with Crippen molar-refractivity contribution in [3.63, 3.8) is 0 Å². The average Bonchev–Trinajstić information content (AvgIpc) is 2.18. The molecule has 1 aromatic heterocycles. The summed E-state index contributed by atoms with van der Waals surface area (Å²) in [5, 5.41) is 0. The molecule has 0 bridgehead atoms. The highest BCUT2D eigenvalue weighted by Gasteiger charge is 2.01. The standard InChI is InChI=1S/C12H12N2/c1-9-6-10(8-14-7-9)11-4-2-3-5-12(11)13/h2-8H,13H2,1H3. The van der Waals surface area contributed by atoms with Crippen LogP contribution in [0.4, 0.5) is 5.69 Å². The number of nitrogen functional groups attached to an aromatic ring is 1. The van der Waals surface area contributed by atoms with E-state index in [0.717, 1.165) is 22.4 Å². The largest absolute Gasteiger partial charge is 0.398 e. The molecule has 0 aliphatic heterocycles. The number of hydrogen-bond donors (Lipinski definition) is 1. The third kappa shape index (κ3) is 1.59. The van der Waals surface area contributed by atoms with Crippen molar-refractivity contribution in [2.24, 2.45) is 0 Å². The summed E-state index contributed by atoms with van der Waals surface area (Å²) in [5.74, 6) is 0. The van der Waals surface area contributed by atoms with Gasteiger partial charge in [-0.2, -0.15) is 0 Å². The van der Waals surface area contributed by atoms with E-state index in [1.807, 2.05) is 43.6 Å². The van der Waals surface area contributed by atoms with Gasteiger partial charge in [-0.25, -0.2) is 0 Å². The lowest BCUT2D eigenvalue weighted by atomic mass is 10.0. The number of aryl methyl sites for hydroxylation is 1. The van der Waals surface area contributed by atoms with Crippen LogP contribution in [0.5, 0.6) is 0 Å². The minimum absolute atomic E-state index is 0.792. The van der Waals surface area contributed by atoms with Crippen LogP contribution in [0.25, 0.3) is 11.1 Å². The number of hydrogen-bond acceptors (Lipinski definition) is 2. The van der Waals surface area contributed by atoms with Crippen molar-refractivity contribution in [3.05, 3.63) is 48.3 Å². The molecule has 0 aliphatic rings. The second-order valence-corrected chi connectivity index (χ2v) is 3.34. The number of aromatic nitrogens is 1. The maximum absolute atomic E-state index is 5.87. The zero-order valence-corrected chi connectivity index (χ0v) is 8.07. The van der Waals surface area contributed by atoms with Crippen LogP contribution in [0.1, 0.15) is 5.56 Å². The lowest BCUT2D eigenvalue weighted by Gasteiger charge is -2.05. The molecule has 1 aromatic carbocycles. The zero-order chi connectivity index (χ0) is 9.97. The van der Waals surface area contributed by atoms with E-state index >= 15 is 0 Å². The van der Waals surface area contributed by atoms with Gasteiger partial charge >= 0.3 is 0 Å². The van der Waals surface area contributed by atoms with Crippen LogP contribution in [-0.4, -0.2) is 4.98 Å². The lowest BCUT2D eigenvalue weighted by molar-refractivity contribution is 1.27. The molecule has 14 heavy (non-hydrogen) atoms. The first kappa shape index (κ1) is 8.75. The highest BCUT2D eigenvalue weighted by molar-refractivity contribution is 5.75. The molecule has 0 aliphatic carbocycles. The Kier molecular flexibility index (Phi) is 2.19. The summed E-state index contributed by atoms with van der Waals surface area (Å²) in [6.07, 6.45) is 3.67. The predicted molar refractivity (Wildman–Crippen MR) is 58.8 cm³/mol. The Bertz CT molecular complexity index is 450. The number of para-hydroxylation sites is 1. The number of benzene rings is 1. The summed E-state index contributed by atoms with van der Waals surface area (Å²) < 4.78 is 0. The molecule has 2 heteroatoms. The van der Waals surface area contributed by atoms with Crippen LogP contribution >= 0.6 is 0 Å². The summed E-state index contributed by atoms with van der Waals surface area (Å²) in [6, 6.07) is 9.90. The molecule has 2 nitrogen and oxygen atoms in total. The van der Waals surface area contributed by atoms with Gasteiger partial charge in [0, 0.05) is 29.2 Å². The minimum Gasteiger partial charge on any atom is -0.398 e. The van der Waals surface area contributed by atoms with Crippen LogP contribution in [0, 0.1) is 6.92 Å². The lowest BCUT2D eigenvalue weighted by Crippen LogP contribution is -1.90. The van der Waals surface area contributed by atoms with Crippen molar-refractivity contribution in [1.82, 2.24) is 4.98 Å². The highest BCUT2D eigenvalue weighted by atomic mass is 14.6. The summed E-state index contributed by atoms with van der Waals surface area (Å²) in [4.78, 5) is 4.15. The Morgan fingerprint density at radius 2 is 1.93 bits per heavy atom. The molecule has 2 N–H and O–H groups in total. The number of anilines is 1. The number of rotatable bonds is 1.